The lowest BCUT2D eigenvalue weighted by atomic mass is 9.78. The SMILES string of the molecule is CC(C)=CCC/C(C)=C/[C@@H]1CC(C)=C[C@]2(C=C(/C=C/C3OC3O)[C@H]3CC(=O)C(C)=C[C@H]3O2)O1. The summed E-state index contributed by atoms with van der Waals surface area (Å²) in [5, 5.41) is 9.53. The third-order valence-electron chi connectivity index (χ3n) is 6.62. The van der Waals surface area contributed by atoms with Crippen molar-refractivity contribution in [3.05, 3.63) is 70.4 Å². The molecule has 1 fully saturated rings. The molecule has 1 N–H and O–H groups in total. The number of carbonyl (C=O) groups excluding carboxylic acids is 1. The number of carbonyl (C=O) groups is 1. The smallest absolute Gasteiger partial charge is 0.209 e. The predicted octanol–water partition coefficient (Wildman–Crippen LogP) is 5.24. The van der Waals surface area contributed by atoms with Gasteiger partial charge in [-0.2, -0.15) is 0 Å². The second-order valence-electron chi connectivity index (χ2n) is 10.1. The quantitative estimate of drug-likeness (QED) is 0.441. The van der Waals surface area contributed by atoms with E-state index in [1.165, 1.54) is 16.7 Å². The van der Waals surface area contributed by atoms with Crippen LogP contribution in [0.5, 0.6) is 0 Å². The maximum Gasteiger partial charge on any atom is 0.209 e. The van der Waals surface area contributed by atoms with Crippen molar-refractivity contribution in [2.24, 2.45) is 5.92 Å². The summed E-state index contributed by atoms with van der Waals surface area (Å²) < 4.78 is 18.2. The molecule has 0 amide bonds. The van der Waals surface area contributed by atoms with E-state index in [2.05, 4.69) is 45.9 Å². The Bertz CT molecular complexity index is 974. The molecule has 1 saturated heterocycles. The molecule has 3 aliphatic heterocycles. The number of epoxide rings is 1. The van der Waals surface area contributed by atoms with E-state index in [-0.39, 0.29) is 30.0 Å². The average molecular weight is 453 g/mol. The molecule has 178 valence electrons. The molecule has 0 bridgehead atoms. The van der Waals surface area contributed by atoms with Crippen molar-refractivity contribution in [3.8, 4) is 0 Å². The van der Waals surface area contributed by atoms with Gasteiger partial charge in [-0.15, -0.1) is 0 Å². The Morgan fingerprint density at radius 2 is 1.94 bits per heavy atom. The highest BCUT2D eigenvalue weighted by molar-refractivity contribution is 5.96. The molecule has 0 aromatic rings. The van der Waals surface area contributed by atoms with Crippen molar-refractivity contribution < 1.29 is 24.1 Å². The second-order valence-corrected chi connectivity index (χ2v) is 10.1. The highest BCUT2D eigenvalue weighted by Crippen LogP contribution is 2.43. The zero-order valence-corrected chi connectivity index (χ0v) is 20.3. The van der Waals surface area contributed by atoms with E-state index in [1.807, 2.05) is 31.2 Å². The van der Waals surface area contributed by atoms with Gasteiger partial charge >= 0.3 is 0 Å². The van der Waals surface area contributed by atoms with E-state index in [0.29, 0.717) is 6.42 Å². The Morgan fingerprint density at radius 1 is 1.18 bits per heavy atom. The minimum atomic E-state index is -0.981. The Balaban J connectivity index is 1.61. The molecule has 1 aliphatic carbocycles. The van der Waals surface area contributed by atoms with E-state index < -0.39 is 12.1 Å². The first-order valence-electron chi connectivity index (χ1n) is 11.9. The standard InChI is InChI=1S/C28H36O5/c1-17(2)7-6-8-18(3)11-22-12-19(4)15-28(32-22)16-21(9-10-25-27(30)31-25)23-14-24(29)20(5)13-26(23)33-28/h7,9-11,13,15-16,22-23,25-27,30H,6,8,12,14H2,1-5H3/b10-9+,18-11+/t22-,23-,25?,26-,27?,28+/m1/s1. The summed E-state index contributed by atoms with van der Waals surface area (Å²) in [4.78, 5) is 12.4. The average Bonchev–Trinajstić information content (AvgIpc) is 3.41. The molecule has 6 atom stereocenters. The number of aliphatic hydroxyl groups excluding tert-OH is 1. The molecule has 0 aromatic heterocycles. The second kappa shape index (κ2) is 9.67. The molecule has 4 rings (SSSR count). The van der Waals surface area contributed by atoms with Crippen LogP contribution in [0.3, 0.4) is 0 Å². The van der Waals surface area contributed by atoms with Gasteiger partial charge in [-0.1, -0.05) is 41.0 Å². The van der Waals surface area contributed by atoms with Gasteiger partial charge in [0, 0.05) is 12.3 Å². The highest BCUT2D eigenvalue weighted by atomic mass is 16.7. The van der Waals surface area contributed by atoms with Crippen molar-refractivity contribution in [2.75, 3.05) is 0 Å². The fourth-order valence-electron chi connectivity index (χ4n) is 4.83. The molecule has 33 heavy (non-hydrogen) atoms. The zero-order valence-electron chi connectivity index (χ0n) is 20.3. The molecule has 1 spiro atoms. The van der Waals surface area contributed by atoms with Crippen molar-refractivity contribution in [1.82, 2.24) is 0 Å². The Kier molecular flexibility index (Phi) is 7.06. The van der Waals surface area contributed by atoms with Crippen LogP contribution in [-0.2, 0) is 19.0 Å². The monoisotopic (exact) mass is 452 g/mol. The topological polar surface area (TPSA) is 68.3 Å². The third kappa shape index (κ3) is 5.90. The summed E-state index contributed by atoms with van der Waals surface area (Å²) in [5.74, 6) is -0.912. The van der Waals surface area contributed by atoms with E-state index in [0.717, 1.165) is 30.4 Å². The largest absolute Gasteiger partial charge is 0.366 e. The van der Waals surface area contributed by atoms with Gasteiger partial charge in [0.15, 0.2) is 12.1 Å². The van der Waals surface area contributed by atoms with Crippen LogP contribution < -0.4 is 0 Å². The molecule has 2 unspecified atom stereocenters. The van der Waals surface area contributed by atoms with Crippen LogP contribution in [0.25, 0.3) is 0 Å². The van der Waals surface area contributed by atoms with Crippen LogP contribution in [0.4, 0.5) is 0 Å². The van der Waals surface area contributed by atoms with Crippen LogP contribution >= 0.6 is 0 Å². The van der Waals surface area contributed by atoms with Gasteiger partial charge in [0.05, 0.1) is 12.2 Å². The van der Waals surface area contributed by atoms with E-state index >= 15 is 0 Å². The molecule has 0 saturated carbocycles. The first kappa shape index (κ1) is 24.1. The van der Waals surface area contributed by atoms with Crippen molar-refractivity contribution in [3.63, 3.8) is 0 Å². The molecule has 5 heteroatoms. The normalized spacial score (nSPS) is 36.3. The Labute approximate surface area is 197 Å². The lowest BCUT2D eigenvalue weighted by Gasteiger charge is -2.45. The van der Waals surface area contributed by atoms with Gasteiger partial charge in [0.1, 0.15) is 6.10 Å². The van der Waals surface area contributed by atoms with E-state index in [9.17, 15) is 9.90 Å². The number of hydrogen-bond acceptors (Lipinski definition) is 5. The molecular formula is C28H36O5. The summed E-state index contributed by atoms with van der Waals surface area (Å²) in [5.41, 5.74) is 5.58. The lowest BCUT2D eigenvalue weighted by molar-refractivity contribution is -0.223. The first-order valence-corrected chi connectivity index (χ1v) is 11.9. The number of rotatable bonds is 6. The highest BCUT2D eigenvalue weighted by Gasteiger charge is 2.45. The lowest BCUT2D eigenvalue weighted by Crippen LogP contribution is -2.48. The number of allylic oxidation sites excluding steroid dienone is 5. The maximum atomic E-state index is 12.4. The van der Waals surface area contributed by atoms with E-state index in [4.69, 9.17) is 14.2 Å². The number of aliphatic hydroxyl groups is 1. The zero-order chi connectivity index (χ0) is 23.8. The molecule has 0 radical (unpaired) electrons. The minimum Gasteiger partial charge on any atom is -0.366 e. The van der Waals surface area contributed by atoms with Gasteiger partial charge in [-0.25, -0.2) is 0 Å². The Hall–Kier alpha value is -2.05. The summed E-state index contributed by atoms with van der Waals surface area (Å²) in [6, 6.07) is 0. The third-order valence-corrected chi connectivity index (χ3v) is 6.62. The number of ether oxygens (including phenoxy) is 3. The van der Waals surface area contributed by atoms with E-state index in [1.54, 1.807) is 0 Å². The molecule has 4 aliphatic rings. The molecule has 3 heterocycles. The van der Waals surface area contributed by atoms with Gasteiger partial charge in [0.25, 0.3) is 0 Å². The molecular weight excluding hydrogens is 416 g/mol. The summed E-state index contributed by atoms with van der Waals surface area (Å²) >= 11 is 0. The van der Waals surface area contributed by atoms with Gasteiger partial charge in [0.2, 0.25) is 5.79 Å². The van der Waals surface area contributed by atoms with Crippen LogP contribution in [0.2, 0.25) is 0 Å². The van der Waals surface area contributed by atoms with Gasteiger partial charge in [-0.3, -0.25) is 4.79 Å². The maximum absolute atomic E-state index is 12.4. The Morgan fingerprint density at radius 3 is 2.64 bits per heavy atom. The predicted molar refractivity (Wildman–Crippen MR) is 128 cm³/mol. The van der Waals surface area contributed by atoms with Crippen LogP contribution in [0.15, 0.2) is 70.4 Å². The fourth-order valence-corrected chi connectivity index (χ4v) is 4.83. The van der Waals surface area contributed by atoms with Gasteiger partial charge < -0.3 is 19.3 Å². The number of fused-ring (bicyclic) bond motifs is 1. The van der Waals surface area contributed by atoms with Crippen molar-refractivity contribution >= 4 is 5.78 Å². The summed E-state index contributed by atoms with van der Waals surface area (Å²) in [6.45, 7) is 10.4. The number of ketones is 1. The molecule has 0 aromatic carbocycles. The van der Waals surface area contributed by atoms with Crippen molar-refractivity contribution in [2.45, 2.75) is 90.7 Å². The minimum absolute atomic E-state index is 0.0713. The van der Waals surface area contributed by atoms with Crippen LogP contribution in [0, 0.1) is 5.92 Å². The van der Waals surface area contributed by atoms with Crippen molar-refractivity contribution in [1.29, 1.82) is 0 Å². The van der Waals surface area contributed by atoms with Crippen LogP contribution in [-0.4, -0.2) is 41.3 Å². The summed E-state index contributed by atoms with van der Waals surface area (Å²) in [7, 11) is 0. The number of hydrogen-bond donors (Lipinski definition) is 1. The molecule has 5 nitrogen and oxygen atoms in total. The number of Topliss-reactive ketones (excluding diaryl/α,β-unsaturated/α-hetero) is 1. The van der Waals surface area contributed by atoms with Crippen LogP contribution in [0.1, 0.15) is 60.3 Å². The fraction of sp³-hybridized carbons (Fsp3) is 0.536. The summed E-state index contributed by atoms with van der Waals surface area (Å²) in [6.07, 6.45) is 16.2. The van der Waals surface area contributed by atoms with Gasteiger partial charge in [-0.05, 0) is 83.3 Å². The first-order chi connectivity index (χ1) is 15.6.